The van der Waals surface area contributed by atoms with Crippen LogP contribution in [-0.2, 0) is 23.9 Å². The lowest BCUT2D eigenvalue weighted by Gasteiger charge is -2.65. The van der Waals surface area contributed by atoms with Gasteiger partial charge in [-0.2, -0.15) is 0 Å². The molecular formula is C29H42O7. The van der Waals surface area contributed by atoms with Gasteiger partial charge in [0.2, 0.25) is 0 Å². The molecule has 1 aliphatic heterocycles. The summed E-state index contributed by atoms with van der Waals surface area (Å²) in [6.07, 6.45) is 8.63. The van der Waals surface area contributed by atoms with Crippen LogP contribution in [-0.4, -0.2) is 52.4 Å². The summed E-state index contributed by atoms with van der Waals surface area (Å²) in [5, 5.41) is 24.3. The van der Waals surface area contributed by atoms with E-state index < -0.39 is 22.0 Å². The van der Waals surface area contributed by atoms with Crippen LogP contribution in [0.4, 0.5) is 0 Å². The van der Waals surface area contributed by atoms with Crippen molar-refractivity contribution < 1.29 is 34.1 Å². The van der Waals surface area contributed by atoms with E-state index in [9.17, 15) is 24.6 Å². The molecule has 0 aromatic carbocycles. The highest BCUT2D eigenvalue weighted by Crippen LogP contribution is 2.70. The Morgan fingerprint density at radius 2 is 1.89 bits per heavy atom. The van der Waals surface area contributed by atoms with Crippen molar-refractivity contribution in [3.05, 3.63) is 11.6 Å². The first-order chi connectivity index (χ1) is 17.0. The summed E-state index contributed by atoms with van der Waals surface area (Å²) >= 11 is 0. The Bertz CT molecular complexity index is 957. The molecule has 0 bridgehead atoms. The summed E-state index contributed by atoms with van der Waals surface area (Å²) in [5.74, 6) is -0.227. The normalized spacial score (nSPS) is 45.8. The Balaban J connectivity index is 1.36. The zero-order valence-corrected chi connectivity index (χ0v) is 22.0. The molecule has 2 N–H and O–H groups in total. The molecule has 0 radical (unpaired) electrons. The average Bonchev–Trinajstić information content (AvgIpc) is 3.37. The smallest absolute Gasteiger partial charge is 0.331 e. The highest BCUT2D eigenvalue weighted by molar-refractivity contribution is 5.85. The van der Waals surface area contributed by atoms with Crippen LogP contribution in [0.3, 0.4) is 0 Å². The number of esters is 2. The second-order valence-electron chi connectivity index (χ2n) is 13.0. The molecule has 0 aromatic heterocycles. The molecule has 4 aliphatic carbocycles. The number of aldehydes is 1. The summed E-state index contributed by atoms with van der Waals surface area (Å²) in [5.41, 5.74) is -2.53. The highest BCUT2D eigenvalue weighted by atomic mass is 16.5. The zero-order valence-electron chi connectivity index (χ0n) is 22.0. The van der Waals surface area contributed by atoms with Gasteiger partial charge in [-0.3, -0.25) is 4.79 Å². The van der Waals surface area contributed by atoms with Gasteiger partial charge in [0.15, 0.2) is 0 Å². The van der Waals surface area contributed by atoms with Gasteiger partial charge in [-0.1, -0.05) is 20.8 Å². The lowest BCUT2D eigenvalue weighted by atomic mass is 9.41. The van der Waals surface area contributed by atoms with E-state index in [4.69, 9.17) is 9.47 Å². The molecule has 0 saturated heterocycles. The number of aliphatic hydroxyl groups is 2. The topological polar surface area (TPSA) is 110 Å². The van der Waals surface area contributed by atoms with Gasteiger partial charge in [-0.15, -0.1) is 0 Å². The molecule has 5 rings (SSSR count). The summed E-state index contributed by atoms with van der Waals surface area (Å²) < 4.78 is 11.0. The Kier molecular flexibility index (Phi) is 6.43. The molecule has 4 fully saturated rings. The van der Waals surface area contributed by atoms with Gasteiger partial charge in [0, 0.05) is 24.3 Å². The van der Waals surface area contributed by atoms with Crippen LogP contribution in [0.2, 0.25) is 0 Å². The Labute approximate surface area is 214 Å². The highest BCUT2D eigenvalue weighted by Gasteiger charge is 2.71. The third kappa shape index (κ3) is 3.71. The number of fused-ring (bicyclic) bond motifs is 5. The first-order valence-corrected chi connectivity index (χ1v) is 14.0. The maximum Gasteiger partial charge on any atom is 0.331 e. The van der Waals surface area contributed by atoms with Gasteiger partial charge in [0.25, 0.3) is 0 Å². The number of rotatable bonds is 6. The minimum atomic E-state index is -1.23. The molecule has 8 atom stereocenters. The van der Waals surface area contributed by atoms with Crippen LogP contribution in [0.25, 0.3) is 0 Å². The Hall–Kier alpha value is -1.73. The van der Waals surface area contributed by atoms with E-state index in [0.29, 0.717) is 51.0 Å². The second-order valence-corrected chi connectivity index (χ2v) is 13.0. The zero-order chi connectivity index (χ0) is 25.9. The van der Waals surface area contributed by atoms with Crippen LogP contribution >= 0.6 is 0 Å². The van der Waals surface area contributed by atoms with Crippen LogP contribution < -0.4 is 0 Å². The van der Waals surface area contributed by atoms with E-state index in [1.807, 2.05) is 0 Å². The van der Waals surface area contributed by atoms with Crippen molar-refractivity contribution in [2.45, 2.75) is 109 Å². The molecule has 1 heterocycles. The first kappa shape index (κ1) is 25.9. The SMILES string of the molecule is CC(C)CCC(=O)O[C@H]1CC[C@]2(C=O)[C@H]3CC[C@]4(C)[C@@H](C5=CC(=O)OC5)CC[C@]4(O)[C@@H]3CC[C@]2(O)C1. The fourth-order valence-electron chi connectivity index (χ4n) is 9.07. The first-order valence-electron chi connectivity index (χ1n) is 14.0. The van der Waals surface area contributed by atoms with E-state index >= 15 is 0 Å². The lowest BCUT2D eigenvalue weighted by Crippen LogP contribution is -2.69. The summed E-state index contributed by atoms with van der Waals surface area (Å²) in [6, 6.07) is 0. The monoisotopic (exact) mass is 502 g/mol. The van der Waals surface area contributed by atoms with Gasteiger partial charge < -0.3 is 24.5 Å². The molecule has 0 unspecified atom stereocenters. The number of hydrogen-bond acceptors (Lipinski definition) is 7. The van der Waals surface area contributed by atoms with Crippen LogP contribution in [0.1, 0.15) is 91.4 Å². The quantitative estimate of drug-likeness (QED) is 0.419. The number of hydrogen-bond donors (Lipinski definition) is 2. The van der Waals surface area contributed by atoms with Crippen molar-refractivity contribution in [3.63, 3.8) is 0 Å². The van der Waals surface area contributed by atoms with E-state index in [-0.39, 0.29) is 42.2 Å². The number of carbonyl (C=O) groups is 3. The number of cyclic esters (lactones) is 1. The molecule has 7 heteroatoms. The minimum absolute atomic E-state index is 0.0869. The Morgan fingerprint density at radius 1 is 1.14 bits per heavy atom. The van der Waals surface area contributed by atoms with Crippen LogP contribution in [0.5, 0.6) is 0 Å². The van der Waals surface area contributed by atoms with Crippen LogP contribution in [0, 0.1) is 34.5 Å². The van der Waals surface area contributed by atoms with Gasteiger partial charge in [-0.05, 0) is 87.0 Å². The lowest BCUT2D eigenvalue weighted by molar-refractivity contribution is -0.249. The van der Waals surface area contributed by atoms with Crippen LogP contribution in [0.15, 0.2) is 11.6 Å². The van der Waals surface area contributed by atoms with Crippen molar-refractivity contribution >= 4 is 18.2 Å². The molecule has 200 valence electrons. The van der Waals surface area contributed by atoms with Crippen molar-refractivity contribution in [2.75, 3.05) is 6.61 Å². The average molecular weight is 503 g/mol. The number of carbonyl (C=O) groups excluding carboxylic acids is 3. The third-order valence-electron chi connectivity index (χ3n) is 11.1. The van der Waals surface area contributed by atoms with Crippen molar-refractivity contribution in [1.29, 1.82) is 0 Å². The van der Waals surface area contributed by atoms with Crippen molar-refractivity contribution in [1.82, 2.24) is 0 Å². The molecule has 7 nitrogen and oxygen atoms in total. The largest absolute Gasteiger partial charge is 0.462 e. The van der Waals surface area contributed by atoms with Gasteiger partial charge in [-0.25, -0.2) is 4.79 Å². The molecular weight excluding hydrogens is 460 g/mol. The Morgan fingerprint density at radius 3 is 2.56 bits per heavy atom. The number of ether oxygens (including phenoxy) is 2. The molecule has 0 amide bonds. The predicted octanol–water partition coefficient (Wildman–Crippen LogP) is 3.89. The van der Waals surface area contributed by atoms with Gasteiger partial charge in [0.05, 0.1) is 16.6 Å². The molecule has 4 saturated carbocycles. The fraction of sp³-hybridized carbons (Fsp3) is 0.828. The second kappa shape index (κ2) is 8.93. The predicted molar refractivity (Wildman–Crippen MR) is 132 cm³/mol. The molecule has 0 aromatic rings. The standard InChI is InChI=1S/C29H42O7/c1-18(2)4-5-24(31)36-20-6-11-27(17-30)22-7-10-26(3)21(19-14-25(32)35-16-19)9-13-29(26,34)23(22)8-12-28(27,33)15-20/h14,17-18,20-23,33-34H,4-13,15-16H2,1-3H3/t20-,21+,22-,23+,26+,27-,28-,29-/m0/s1. The van der Waals surface area contributed by atoms with E-state index in [1.54, 1.807) is 6.08 Å². The van der Waals surface area contributed by atoms with Gasteiger partial charge >= 0.3 is 11.9 Å². The fourth-order valence-corrected chi connectivity index (χ4v) is 9.07. The summed E-state index contributed by atoms with van der Waals surface area (Å²) in [7, 11) is 0. The molecule has 36 heavy (non-hydrogen) atoms. The van der Waals surface area contributed by atoms with E-state index in [2.05, 4.69) is 20.8 Å². The summed E-state index contributed by atoms with van der Waals surface area (Å²) in [6.45, 7) is 6.59. The maximum atomic E-state index is 12.9. The molecule has 5 aliphatic rings. The third-order valence-corrected chi connectivity index (χ3v) is 11.1. The van der Waals surface area contributed by atoms with Crippen molar-refractivity contribution in [3.8, 4) is 0 Å². The van der Waals surface area contributed by atoms with Crippen molar-refractivity contribution in [2.24, 2.45) is 34.5 Å². The van der Waals surface area contributed by atoms with E-state index in [0.717, 1.165) is 37.5 Å². The maximum absolute atomic E-state index is 12.9. The molecule has 0 spiro atoms. The van der Waals surface area contributed by atoms with E-state index in [1.165, 1.54) is 0 Å². The summed E-state index contributed by atoms with van der Waals surface area (Å²) in [4.78, 5) is 37.0. The minimum Gasteiger partial charge on any atom is -0.462 e. The van der Waals surface area contributed by atoms with Gasteiger partial charge in [0.1, 0.15) is 19.0 Å².